The molecule has 1 heterocycles. The van der Waals surface area contributed by atoms with Crippen LogP contribution in [-0.2, 0) is 10.0 Å². The van der Waals surface area contributed by atoms with E-state index in [-0.39, 0.29) is 4.90 Å². The number of benzene rings is 1. The van der Waals surface area contributed by atoms with Crippen LogP contribution in [-0.4, -0.2) is 25.8 Å². The van der Waals surface area contributed by atoms with Crippen molar-refractivity contribution in [3.05, 3.63) is 29.8 Å². The molecule has 2 rings (SSSR count). The molecule has 0 amide bonds. The minimum Gasteiger partial charge on any atom is -0.207 e. The normalized spacial score (nSPS) is 17.8. The third kappa shape index (κ3) is 3.20. The number of hydrogen-bond donors (Lipinski definition) is 0. The van der Waals surface area contributed by atoms with Gasteiger partial charge >= 0.3 is 0 Å². The maximum Gasteiger partial charge on any atom is 0.243 e. The van der Waals surface area contributed by atoms with Crippen LogP contribution in [0.4, 0.5) is 0 Å². The zero-order valence-corrected chi connectivity index (χ0v) is 12.6. The molecule has 0 unspecified atom stereocenters. The van der Waals surface area contributed by atoms with Crippen LogP contribution >= 0.6 is 0 Å². The second kappa shape index (κ2) is 6.38. The van der Waals surface area contributed by atoms with Crippen LogP contribution in [0, 0.1) is 17.2 Å². The van der Waals surface area contributed by atoms with Crippen molar-refractivity contribution in [2.45, 2.75) is 37.5 Å². The van der Waals surface area contributed by atoms with Crippen LogP contribution in [0.3, 0.4) is 0 Å². The fraction of sp³-hybridized carbons (Fsp3) is 0.533. The molecule has 0 aliphatic carbocycles. The van der Waals surface area contributed by atoms with Crippen LogP contribution in [0.15, 0.2) is 29.2 Å². The zero-order valence-electron chi connectivity index (χ0n) is 11.7. The van der Waals surface area contributed by atoms with E-state index in [1.807, 2.05) is 6.07 Å². The molecule has 1 aromatic rings. The first-order valence-electron chi connectivity index (χ1n) is 7.08. The summed E-state index contributed by atoms with van der Waals surface area (Å²) in [6.07, 6.45) is 4.24. The van der Waals surface area contributed by atoms with Gasteiger partial charge in [-0.3, -0.25) is 0 Å². The van der Waals surface area contributed by atoms with Crippen LogP contribution < -0.4 is 0 Å². The number of nitrogens with zero attached hydrogens (tertiary/aromatic N) is 2. The molecule has 1 aliphatic heterocycles. The van der Waals surface area contributed by atoms with Crippen LogP contribution in [0.2, 0.25) is 0 Å². The van der Waals surface area contributed by atoms with E-state index in [1.54, 1.807) is 16.4 Å². The van der Waals surface area contributed by atoms with Crippen molar-refractivity contribution in [1.82, 2.24) is 4.31 Å². The monoisotopic (exact) mass is 292 g/mol. The lowest BCUT2D eigenvalue weighted by Gasteiger charge is -2.31. The molecule has 0 saturated carbocycles. The average molecular weight is 292 g/mol. The van der Waals surface area contributed by atoms with Crippen molar-refractivity contribution in [1.29, 1.82) is 5.26 Å². The molecule has 1 fully saturated rings. The Labute approximate surface area is 121 Å². The van der Waals surface area contributed by atoms with E-state index in [9.17, 15) is 8.42 Å². The van der Waals surface area contributed by atoms with Gasteiger partial charge in [-0.1, -0.05) is 19.8 Å². The first kappa shape index (κ1) is 15.0. The lowest BCUT2D eigenvalue weighted by Crippen LogP contribution is -2.38. The summed E-state index contributed by atoms with van der Waals surface area (Å²) in [6.45, 7) is 3.37. The molecule has 1 aromatic carbocycles. The summed E-state index contributed by atoms with van der Waals surface area (Å²) in [7, 11) is -3.40. The Bertz CT molecular complexity index is 579. The zero-order chi connectivity index (χ0) is 14.6. The summed E-state index contributed by atoms with van der Waals surface area (Å²) in [5.74, 6) is 0.660. The van der Waals surface area contributed by atoms with Gasteiger partial charge in [0.15, 0.2) is 0 Å². The van der Waals surface area contributed by atoms with E-state index in [2.05, 4.69) is 6.92 Å². The van der Waals surface area contributed by atoms with Crippen molar-refractivity contribution in [2.24, 2.45) is 5.92 Å². The van der Waals surface area contributed by atoms with Gasteiger partial charge in [0.1, 0.15) is 0 Å². The van der Waals surface area contributed by atoms with Crippen molar-refractivity contribution in [2.75, 3.05) is 13.1 Å². The van der Waals surface area contributed by atoms with E-state index in [4.69, 9.17) is 5.26 Å². The molecule has 1 saturated heterocycles. The Morgan fingerprint density at radius 2 is 1.85 bits per heavy atom. The predicted octanol–water partition coefficient (Wildman–Crippen LogP) is 2.76. The standard InChI is InChI=1S/C15H20N2O2S/c1-2-3-13-8-10-17(11-9-13)20(18,19)15-6-4-14(12-16)5-7-15/h4-7,13H,2-3,8-11H2,1H3. The Morgan fingerprint density at radius 3 is 2.35 bits per heavy atom. The van der Waals surface area contributed by atoms with E-state index >= 15 is 0 Å². The summed E-state index contributed by atoms with van der Waals surface area (Å²) < 4.78 is 26.6. The Kier molecular flexibility index (Phi) is 4.79. The summed E-state index contributed by atoms with van der Waals surface area (Å²) in [6, 6.07) is 8.14. The molecule has 0 N–H and O–H groups in total. The van der Waals surface area contributed by atoms with E-state index in [0.717, 1.165) is 19.3 Å². The summed E-state index contributed by atoms with van der Waals surface area (Å²) >= 11 is 0. The molecule has 1 aliphatic rings. The molecular formula is C15H20N2O2S. The van der Waals surface area contributed by atoms with Gasteiger partial charge in [-0.15, -0.1) is 0 Å². The summed E-state index contributed by atoms with van der Waals surface area (Å²) in [5, 5.41) is 8.75. The van der Waals surface area contributed by atoms with Gasteiger partial charge in [-0.05, 0) is 43.0 Å². The molecule has 0 bridgehead atoms. The number of hydrogen-bond acceptors (Lipinski definition) is 3. The quantitative estimate of drug-likeness (QED) is 0.857. The second-order valence-corrected chi connectivity index (χ2v) is 7.21. The van der Waals surface area contributed by atoms with Crippen molar-refractivity contribution >= 4 is 10.0 Å². The van der Waals surface area contributed by atoms with Gasteiger partial charge in [0.05, 0.1) is 16.5 Å². The highest BCUT2D eigenvalue weighted by atomic mass is 32.2. The van der Waals surface area contributed by atoms with Crippen molar-refractivity contribution in [3.8, 4) is 6.07 Å². The Hall–Kier alpha value is -1.38. The van der Waals surface area contributed by atoms with Gasteiger partial charge in [0.2, 0.25) is 10.0 Å². The summed E-state index contributed by atoms with van der Waals surface area (Å²) in [5.41, 5.74) is 0.477. The largest absolute Gasteiger partial charge is 0.243 e. The molecule has 108 valence electrons. The Morgan fingerprint density at radius 1 is 1.25 bits per heavy atom. The maximum atomic E-state index is 12.5. The third-order valence-corrected chi connectivity index (χ3v) is 5.80. The van der Waals surface area contributed by atoms with Gasteiger partial charge in [-0.25, -0.2) is 8.42 Å². The van der Waals surface area contributed by atoms with Crippen LogP contribution in [0.5, 0.6) is 0 Å². The van der Waals surface area contributed by atoms with Crippen molar-refractivity contribution in [3.63, 3.8) is 0 Å². The molecule has 20 heavy (non-hydrogen) atoms. The fourth-order valence-electron chi connectivity index (χ4n) is 2.70. The second-order valence-electron chi connectivity index (χ2n) is 5.27. The summed E-state index contributed by atoms with van der Waals surface area (Å²) in [4.78, 5) is 0.283. The topological polar surface area (TPSA) is 61.2 Å². The highest BCUT2D eigenvalue weighted by Crippen LogP contribution is 2.26. The lowest BCUT2D eigenvalue weighted by atomic mass is 9.94. The first-order chi connectivity index (χ1) is 9.57. The fourth-order valence-corrected chi connectivity index (χ4v) is 4.17. The van der Waals surface area contributed by atoms with E-state index in [0.29, 0.717) is 24.6 Å². The SMILES string of the molecule is CCCC1CCN(S(=O)(=O)c2ccc(C#N)cc2)CC1. The molecule has 0 radical (unpaired) electrons. The molecular weight excluding hydrogens is 272 g/mol. The van der Waals surface area contributed by atoms with Gasteiger partial charge < -0.3 is 0 Å². The van der Waals surface area contributed by atoms with Gasteiger partial charge in [-0.2, -0.15) is 9.57 Å². The number of nitriles is 1. The average Bonchev–Trinajstić information content (AvgIpc) is 2.48. The first-order valence-corrected chi connectivity index (χ1v) is 8.52. The highest BCUT2D eigenvalue weighted by molar-refractivity contribution is 7.89. The minimum absolute atomic E-state index is 0.283. The number of rotatable bonds is 4. The van der Waals surface area contributed by atoms with E-state index in [1.165, 1.54) is 18.6 Å². The Balaban J connectivity index is 2.09. The minimum atomic E-state index is -3.40. The molecule has 0 aromatic heterocycles. The molecule has 5 heteroatoms. The maximum absolute atomic E-state index is 12.5. The number of piperidine rings is 1. The highest BCUT2D eigenvalue weighted by Gasteiger charge is 2.28. The van der Waals surface area contributed by atoms with Gasteiger partial charge in [0, 0.05) is 13.1 Å². The molecule has 0 atom stereocenters. The van der Waals surface area contributed by atoms with Crippen molar-refractivity contribution < 1.29 is 8.42 Å². The third-order valence-electron chi connectivity index (χ3n) is 3.89. The van der Waals surface area contributed by atoms with Gasteiger partial charge in [0.25, 0.3) is 0 Å². The number of sulfonamides is 1. The lowest BCUT2D eigenvalue weighted by molar-refractivity contribution is 0.262. The molecule has 4 nitrogen and oxygen atoms in total. The van der Waals surface area contributed by atoms with E-state index < -0.39 is 10.0 Å². The van der Waals surface area contributed by atoms with Crippen LogP contribution in [0.25, 0.3) is 0 Å². The smallest absolute Gasteiger partial charge is 0.207 e. The predicted molar refractivity (Wildman–Crippen MR) is 77.5 cm³/mol. The van der Waals surface area contributed by atoms with Crippen LogP contribution in [0.1, 0.15) is 38.2 Å². The molecule has 0 spiro atoms.